The smallest absolute Gasteiger partial charge is 0.274 e. The van der Waals surface area contributed by atoms with Gasteiger partial charge in [0.2, 0.25) is 0 Å². The summed E-state index contributed by atoms with van der Waals surface area (Å²) in [5.41, 5.74) is 0.434. The van der Waals surface area contributed by atoms with E-state index in [2.05, 4.69) is 22.4 Å². The van der Waals surface area contributed by atoms with E-state index in [0.29, 0.717) is 5.69 Å². The van der Waals surface area contributed by atoms with Crippen LogP contribution < -0.4 is 5.32 Å². The molecule has 5 nitrogen and oxygen atoms in total. The van der Waals surface area contributed by atoms with Crippen molar-refractivity contribution < 1.29 is 4.79 Å². The molecule has 0 spiro atoms. The Morgan fingerprint density at radius 2 is 2.17 bits per heavy atom. The van der Waals surface area contributed by atoms with Crippen LogP contribution in [0.1, 0.15) is 23.8 Å². The summed E-state index contributed by atoms with van der Waals surface area (Å²) in [5, 5.41) is 11.2. The Hall–Kier alpha value is -1.30. The summed E-state index contributed by atoms with van der Waals surface area (Å²) in [6.45, 7) is 4.57. The molecule has 1 amide bonds. The fourth-order valence-corrected chi connectivity index (χ4v) is 2.63. The number of nitrogens with one attached hydrogen (secondary N) is 1. The van der Waals surface area contributed by atoms with Gasteiger partial charge in [-0.05, 0) is 18.6 Å². The van der Waals surface area contributed by atoms with Gasteiger partial charge in [-0.25, -0.2) is 0 Å². The van der Waals surface area contributed by atoms with Gasteiger partial charge in [-0.1, -0.05) is 6.92 Å². The number of nitrogens with zero attached hydrogens (tertiary/aromatic N) is 3. The third kappa shape index (κ3) is 3.35. The number of anilines is 1. The Kier molecular flexibility index (Phi) is 4.81. The second-order valence-electron chi connectivity index (χ2n) is 4.14. The molecule has 2 rings (SSSR count). The maximum absolute atomic E-state index is 12.1. The van der Waals surface area contributed by atoms with E-state index in [4.69, 9.17) is 0 Å². The topological polar surface area (TPSA) is 58.1 Å². The molecule has 18 heavy (non-hydrogen) atoms. The van der Waals surface area contributed by atoms with Crippen molar-refractivity contribution in [3.63, 3.8) is 0 Å². The highest BCUT2D eigenvalue weighted by atomic mass is 32.2. The molecular formula is C12H18N4OS. The van der Waals surface area contributed by atoms with Gasteiger partial charge in [-0.2, -0.15) is 11.8 Å². The van der Waals surface area contributed by atoms with Crippen LogP contribution >= 0.6 is 11.8 Å². The van der Waals surface area contributed by atoms with Gasteiger partial charge in [0.05, 0.1) is 0 Å². The predicted octanol–water partition coefficient (Wildman–Crippen LogP) is 1.49. The lowest BCUT2D eigenvalue weighted by Crippen LogP contribution is -2.38. The summed E-state index contributed by atoms with van der Waals surface area (Å²) in [6.07, 6.45) is 1.04. The molecule has 0 saturated carbocycles. The Morgan fingerprint density at radius 1 is 1.39 bits per heavy atom. The number of hydrogen-bond donors (Lipinski definition) is 1. The minimum atomic E-state index is -0.00941. The summed E-state index contributed by atoms with van der Waals surface area (Å²) >= 11 is 1.88. The third-order valence-electron chi connectivity index (χ3n) is 2.74. The highest BCUT2D eigenvalue weighted by Gasteiger charge is 2.19. The maximum atomic E-state index is 12.1. The molecule has 0 bridgehead atoms. The summed E-state index contributed by atoms with van der Waals surface area (Å²) in [5.74, 6) is 2.73. The molecular weight excluding hydrogens is 248 g/mol. The van der Waals surface area contributed by atoms with Crippen LogP contribution in [0.5, 0.6) is 0 Å². The molecule has 1 aromatic rings. The number of thioether (sulfide) groups is 1. The van der Waals surface area contributed by atoms with Gasteiger partial charge in [0.1, 0.15) is 5.82 Å². The lowest BCUT2D eigenvalue weighted by molar-refractivity contribution is 0.0765. The maximum Gasteiger partial charge on any atom is 0.274 e. The number of carbonyl (C=O) groups excluding carboxylic acids is 1. The first kappa shape index (κ1) is 13.1. The molecule has 1 N–H and O–H groups in total. The summed E-state index contributed by atoms with van der Waals surface area (Å²) in [7, 11) is 0. The fourth-order valence-electron chi connectivity index (χ4n) is 1.72. The Morgan fingerprint density at radius 3 is 2.78 bits per heavy atom. The highest BCUT2D eigenvalue weighted by Crippen LogP contribution is 2.12. The Labute approximate surface area is 111 Å². The lowest BCUT2D eigenvalue weighted by Gasteiger charge is -2.25. The van der Waals surface area contributed by atoms with Crippen LogP contribution in [0.3, 0.4) is 0 Å². The van der Waals surface area contributed by atoms with Gasteiger partial charge in [-0.15, -0.1) is 10.2 Å². The average Bonchev–Trinajstić information content (AvgIpc) is 2.46. The quantitative estimate of drug-likeness (QED) is 0.894. The first-order chi connectivity index (χ1) is 8.81. The molecule has 0 radical (unpaired) electrons. The third-order valence-corrected chi connectivity index (χ3v) is 3.68. The molecule has 6 heteroatoms. The predicted molar refractivity (Wildman–Crippen MR) is 74.0 cm³/mol. The van der Waals surface area contributed by atoms with Gasteiger partial charge < -0.3 is 10.2 Å². The van der Waals surface area contributed by atoms with Gasteiger partial charge in [0.25, 0.3) is 5.91 Å². The first-order valence-electron chi connectivity index (χ1n) is 6.26. The molecule has 1 fully saturated rings. The van der Waals surface area contributed by atoms with Crippen molar-refractivity contribution in [2.45, 2.75) is 13.3 Å². The van der Waals surface area contributed by atoms with Gasteiger partial charge >= 0.3 is 0 Å². The second kappa shape index (κ2) is 6.58. The van der Waals surface area contributed by atoms with Crippen LogP contribution in [0.25, 0.3) is 0 Å². The monoisotopic (exact) mass is 266 g/mol. The molecule has 98 valence electrons. The van der Waals surface area contributed by atoms with E-state index in [0.717, 1.165) is 43.4 Å². The van der Waals surface area contributed by atoms with Crippen LogP contribution in [0, 0.1) is 0 Å². The van der Waals surface area contributed by atoms with Crippen LogP contribution in [0.15, 0.2) is 12.1 Å². The zero-order valence-electron chi connectivity index (χ0n) is 10.6. The first-order valence-corrected chi connectivity index (χ1v) is 7.41. The van der Waals surface area contributed by atoms with Crippen molar-refractivity contribution in [2.75, 3.05) is 36.5 Å². The number of carbonyl (C=O) groups is 1. The molecule has 0 unspecified atom stereocenters. The summed E-state index contributed by atoms with van der Waals surface area (Å²) < 4.78 is 0. The van der Waals surface area contributed by atoms with Crippen molar-refractivity contribution in [3.05, 3.63) is 17.8 Å². The van der Waals surface area contributed by atoms with E-state index in [1.165, 1.54) is 0 Å². The van der Waals surface area contributed by atoms with Crippen molar-refractivity contribution in [2.24, 2.45) is 0 Å². The van der Waals surface area contributed by atoms with Crippen molar-refractivity contribution in [1.29, 1.82) is 0 Å². The number of aromatic nitrogens is 2. The van der Waals surface area contributed by atoms with Crippen molar-refractivity contribution in [3.8, 4) is 0 Å². The van der Waals surface area contributed by atoms with E-state index in [1.807, 2.05) is 22.7 Å². The normalized spacial score (nSPS) is 15.5. The minimum Gasteiger partial charge on any atom is -0.369 e. The SMILES string of the molecule is CCCNc1ccc(C(=O)N2CCSCC2)nn1. The average molecular weight is 266 g/mol. The second-order valence-corrected chi connectivity index (χ2v) is 5.36. The largest absolute Gasteiger partial charge is 0.369 e. The molecule has 0 atom stereocenters. The zero-order chi connectivity index (χ0) is 12.8. The molecule has 0 aromatic carbocycles. The molecule has 1 aliphatic heterocycles. The number of hydrogen-bond acceptors (Lipinski definition) is 5. The fraction of sp³-hybridized carbons (Fsp3) is 0.583. The molecule has 2 heterocycles. The van der Waals surface area contributed by atoms with Crippen LogP contribution in [0.4, 0.5) is 5.82 Å². The van der Waals surface area contributed by atoms with Gasteiger partial charge in [-0.3, -0.25) is 4.79 Å². The molecule has 1 aromatic heterocycles. The van der Waals surface area contributed by atoms with E-state index >= 15 is 0 Å². The molecule has 1 aliphatic rings. The highest BCUT2D eigenvalue weighted by molar-refractivity contribution is 7.99. The van der Waals surface area contributed by atoms with Gasteiger partial charge in [0.15, 0.2) is 5.69 Å². The molecule has 1 saturated heterocycles. The van der Waals surface area contributed by atoms with E-state index < -0.39 is 0 Å². The van der Waals surface area contributed by atoms with Crippen LogP contribution in [0.2, 0.25) is 0 Å². The molecule has 0 aliphatic carbocycles. The van der Waals surface area contributed by atoms with Crippen molar-refractivity contribution >= 4 is 23.5 Å². The Balaban J connectivity index is 1.97. The van der Waals surface area contributed by atoms with Crippen molar-refractivity contribution in [1.82, 2.24) is 15.1 Å². The summed E-state index contributed by atoms with van der Waals surface area (Å²) in [4.78, 5) is 14.0. The zero-order valence-corrected chi connectivity index (χ0v) is 11.4. The van der Waals surface area contributed by atoms with E-state index in [-0.39, 0.29) is 5.91 Å². The van der Waals surface area contributed by atoms with Crippen LogP contribution in [-0.2, 0) is 0 Å². The summed E-state index contributed by atoms with van der Waals surface area (Å²) in [6, 6.07) is 3.56. The number of rotatable bonds is 4. The standard InChI is InChI=1S/C12H18N4OS/c1-2-5-13-11-4-3-10(14-15-11)12(17)16-6-8-18-9-7-16/h3-4H,2,5-9H2,1H3,(H,13,15). The van der Waals surface area contributed by atoms with E-state index in [9.17, 15) is 4.79 Å². The lowest BCUT2D eigenvalue weighted by atomic mass is 10.3. The van der Waals surface area contributed by atoms with E-state index in [1.54, 1.807) is 6.07 Å². The minimum absolute atomic E-state index is 0.00941. The van der Waals surface area contributed by atoms with Gasteiger partial charge in [0, 0.05) is 31.1 Å². The number of amides is 1. The van der Waals surface area contributed by atoms with Crippen LogP contribution in [-0.4, -0.2) is 52.1 Å². The Bertz CT molecular complexity index is 390.